The number of benzene rings is 2. The number of hydrogen-bond acceptors (Lipinski definition) is 6. The number of halogens is 2. The first-order chi connectivity index (χ1) is 14.5. The predicted octanol–water partition coefficient (Wildman–Crippen LogP) is 2.97. The topological polar surface area (TPSA) is 78.4 Å². The van der Waals surface area contributed by atoms with E-state index in [0.29, 0.717) is 34.4 Å². The van der Waals surface area contributed by atoms with E-state index in [1.165, 1.54) is 12.1 Å². The van der Waals surface area contributed by atoms with Crippen LogP contribution in [0.1, 0.15) is 0 Å². The Hall–Kier alpha value is -2.30. The van der Waals surface area contributed by atoms with Gasteiger partial charge in [-0.05, 0) is 30.3 Å². The zero-order valence-electron chi connectivity index (χ0n) is 16.1. The Morgan fingerprint density at radius 1 is 1.10 bits per heavy atom. The highest BCUT2D eigenvalue weighted by molar-refractivity contribution is 9.10. The van der Waals surface area contributed by atoms with Gasteiger partial charge in [0.25, 0.3) is 10.0 Å². The largest absolute Gasteiger partial charge is 0.338 e. The maximum Gasteiger partial charge on any atom is 0.265 e. The van der Waals surface area contributed by atoms with Gasteiger partial charge in [0.1, 0.15) is 6.67 Å². The molecule has 2 heterocycles. The molecule has 1 aliphatic heterocycles. The molecule has 2 aromatic carbocycles. The highest BCUT2D eigenvalue weighted by Crippen LogP contribution is 2.31. The quantitative estimate of drug-likeness (QED) is 0.568. The monoisotopic (exact) mass is 493 g/mol. The number of alkyl halides is 1. The van der Waals surface area contributed by atoms with E-state index in [0.717, 1.165) is 17.4 Å². The molecule has 0 atom stereocenters. The number of para-hydroxylation sites is 1. The molecule has 0 saturated carbocycles. The SMILES string of the molecule is O=S(=O)(c1cccc(Br)c1)N(CCF)c1nc(N2CCNCC2)nc2ccccc12. The number of fused-ring (bicyclic) bond motifs is 1. The third-order valence-electron chi connectivity index (χ3n) is 4.88. The van der Waals surface area contributed by atoms with Gasteiger partial charge >= 0.3 is 0 Å². The van der Waals surface area contributed by atoms with Gasteiger partial charge in [0.05, 0.1) is 17.0 Å². The zero-order chi connectivity index (χ0) is 21.1. The van der Waals surface area contributed by atoms with Crippen molar-refractivity contribution in [3.8, 4) is 0 Å². The molecule has 1 saturated heterocycles. The predicted molar refractivity (Wildman–Crippen MR) is 119 cm³/mol. The summed E-state index contributed by atoms with van der Waals surface area (Å²) < 4.78 is 42.1. The van der Waals surface area contributed by atoms with Gasteiger partial charge in [0.15, 0.2) is 5.82 Å². The van der Waals surface area contributed by atoms with E-state index in [4.69, 9.17) is 0 Å². The van der Waals surface area contributed by atoms with Gasteiger partial charge in [-0.15, -0.1) is 0 Å². The number of hydrogen-bond donors (Lipinski definition) is 1. The summed E-state index contributed by atoms with van der Waals surface area (Å²) >= 11 is 3.31. The van der Waals surface area contributed by atoms with Crippen LogP contribution in [0.5, 0.6) is 0 Å². The Labute approximate surface area is 183 Å². The smallest absolute Gasteiger partial charge is 0.265 e. The molecule has 30 heavy (non-hydrogen) atoms. The minimum Gasteiger partial charge on any atom is -0.338 e. The van der Waals surface area contributed by atoms with Crippen molar-refractivity contribution in [2.45, 2.75) is 4.90 Å². The van der Waals surface area contributed by atoms with E-state index < -0.39 is 16.7 Å². The fraction of sp³-hybridized carbons (Fsp3) is 0.300. The van der Waals surface area contributed by atoms with E-state index in [1.54, 1.807) is 24.3 Å². The normalized spacial score (nSPS) is 14.8. The van der Waals surface area contributed by atoms with Crippen LogP contribution in [0.3, 0.4) is 0 Å². The molecule has 0 aliphatic carbocycles. The fourth-order valence-electron chi connectivity index (χ4n) is 3.42. The van der Waals surface area contributed by atoms with Gasteiger partial charge in [-0.2, -0.15) is 4.98 Å². The van der Waals surface area contributed by atoms with E-state index in [9.17, 15) is 12.8 Å². The summed E-state index contributed by atoms with van der Waals surface area (Å²) in [6.45, 7) is 1.82. The summed E-state index contributed by atoms with van der Waals surface area (Å²) in [5, 5.41) is 3.83. The Balaban J connectivity index is 1.89. The lowest BCUT2D eigenvalue weighted by Crippen LogP contribution is -2.44. The molecule has 0 radical (unpaired) electrons. The second kappa shape index (κ2) is 8.83. The second-order valence-corrected chi connectivity index (χ2v) is 9.60. The molecule has 0 bridgehead atoms. The van der Waals surface area contributed by atoms with E-state index >= 15 is 0 Å². The van der Waals surface area contributed by atoms with Crippen LogP contribution >= 0.6 is 15.9 Å². The standard InChI is InChI=1S/C20H21BrFN5O2S/c21-15-4-3-5-16(14-15)30(28,29)27(11-8-22)19-17-6-1-2-7-18(17)24-20(25-19)26-12-9-23-10-13-26/h1-7,14,23H,8-13H2. The van der Waals surface area contributed by atoms with Crippen LogP contribution in [-0.4, -0.2) is 57.8 Å². The average molecular weight is 494 g/mol. The van der Waals surface area contributed by atoms with E-state index in [-0.39, 0.29) is 17.3 Å². The second-order valence-electron chi connectivity index (χ2n) is 6.82. The van der Waals surface area contributed by atoms with Crippen LogP contribution in [0.15, 0.2) is 57.9 Å². The van der Waals surface area contributed by atoms with E-state index in [2.05, 4.69) is 31.2 Å². The number of nitrogens with zero attached hydrogens (tertiary/aromatic N) is 4. The number of piperazine rings is 1. The fourth-order valence-corrected chi connectivity index (χ4v) is 5.42. The van der Waals surface area contributed by atoms with Gasteiger partial charge in [0.2, 0.25) is 5.95 Å². The molecule has 0 amide bonds. The maximum absolute atomic E-state index is 13.5. The molecule has 0 unspecified atom stereocenters. The number of sulfonamides is 1. The minimum atomic E-state index is -4.04. The highest BCUT2D eigenvalue weighted by atomic mass is 79.9. The Morgan fingerprint density at radius 2 is 1.87 bits per heavy atom. The molecule has 158 valence electrons. The van der Waals surface area contributed by atoms with Crippen molar-refractivity contribution in [1.82, 2.24) is 15.3 Å². The molecular formula is C20H21BrFN5O2S. The van der Waals surface area contributed by atoms with Crippen molar-refractivity contribution >= 4 is 48.6 Å². The molecule has 1 aliphatic rings. The molecule has 1 fully saturated rings. The third kappa shape index (κ3) is 4.12. The van der Waals surface area contributed by atoms with Gasteiger partial charge in [-0.3, -0.25) is 0 Å². The van der Waals surface area contributed by atoms with Crippen molar-refractivity contribution in [2.75, 3.05) is 48.6 Å². The molecule has 3 aromatic rings. The first-order valence-electron chi connectivity index (χ1n) is 9.57. The highest BCUT2D eigenvalue weighted by Gasteiger charge is 2.29. The van der Waals surface area contributed by atoms with Crippen LogP contribution in [0, 0.1) is 0 Å². The summed E-state index contributed by atoms with van der Waals surface area (Å²) in [6, 6.07) is 13.6. The van der Waals surface area contributed by atoms with Crippen molar-refractivity contribution in [3.63, 3.8) is 0 Å². The minimum absolute atomic E-state index is 0.0664. The number of nitrogens with one attached hydrogen (secondary N) is 1. The summed E-state index contributed by atoms with van der Waals surface area (Å²) in [5.74, 6) is 0.630. The molecule has 0 spiro atoms. The third-order valence-corrected chi connectivity index (χ3v) is 7.16. The lowest BCUT2D eigenvalue weighted by Gasteiger charge is -2.29. The zero-order valence-corrected chi connectivity index (χ0v) is 18.5. The molecule has 10 heteroatoms. The molecule has 4 rings (SSSR count). The van der Waals surface area contributed by atoms with Crippen molar-refractivity contribution in [3.05, 3.63) is 53.0 Å². The van der Waals surface area contributed by atoms with Crippen molar-refractivity contribution < 1.29 is 12.8 Å². The maximum atomic E-state index is 13.5. The molecule has 1 aromatic heterocycles. The average Bonchev–Trinajstić information content (AvgIpc) is 2.77. The van der Waals surface area contributed by atoms with Gasteiger partial charge in [0, 0.05) is 36.0 Å². The van der Waals surface area contributed by atoms with Crippen LogP contribution in [0.2, 0.25) is 0 Å². The van der Waals surface area contributed by atoms with Crippen molar-refractivity contribution in [2.24, 2.45) is 0 Å². The number of aromatic nitrogens is 2. The number of rotatable bonds is 6. The first kappa shape index (κ1) is 21.0. The van der Waals surface area contributed by atoms with Crippen LogP contribution in [0.25, 0.3) is 10.9 Å². The molecule has 7 nitrogen and oxygen atoms in total. The molecular weight excluding hydrogens is 473 g/mol. The van der Waals surface area contributed by atoms with Gasteiger partial charge in [-0.1, -0.05) is 34.1 Å². The Bertz CT molecular complexity index is 1150. The summed E-state index contributed by atoms with van der Waals surface area (Å²) in [6.07, 6.45) is 0. The van der Waals surface area contributed by atoms with Gasteiger partial charge < -0.3 is 10.2 Å². The van der Waals surface area contributed by atoms with Crippen LogP contribution in [0.4, 0.5) is 16.2 Å². The van der Waals surface area contributed by atoms with E-state index in [1.807, 2.05) is 17.0 Å². The van der Waals surface area contributed by atoms with Crippen molar-refractivity contribution in [1.29, 1.82) is 0 Å². The van der Waals surface area contributed by atoms with Gasteiger partial charge in [-0.25, -0.2) is 22.1 Å². The van der Waals surface area contributed by atoms with Crippen LogP contribution in [-0.2, 0) is 10.0 Å². The summed E-state index contributed by atoms with van der Waals surface area (Å²) in [7, 11) is -4.04. The Morgan fingerprint density at radius 3 is 2.60 bits per heavy atom. The summed E-state index contributed by atoms with van der Waals surface area (Å²) in [5.41, 5.74) is 0.615. The van der Waals surface area contributed by atoms with Crippen LogP contribution < -0.4 is 14.5 Å². The Kier molecular flexibility index (Phi) is 6.16. The number of anilines is 2. The lowest BCUT2D eigenvalue weighted by atomic mass is 10.2. The molecule has 1 N–H and O–H groups in total. The summed E-state index contributed by atoms with van der Waals surface area (Å²) in [4.78, 5) is 11.3. The first-order valence-corrected chi connectivity index (χ1v) is 11.8. The lowest BCUT2D eigenvalue weighted by molar-refractivity contribution is 0.499.